The van der Waals surface area contributed by atoms with E-state index in [0.29, 0.717) is 65.5 Å². The number of terminal acetylenes is 2. The molecular formula is C56H48N4O4. The molecule has 64 heavy (non-hydrogen) atoms. The number of benzene rings is 5. The molecule has 0 heterocycles. The Morgan fingerprint density at radius 2 is 1.16 bits per heavy atom. The second-order valence-corrected chi connectivity index (χ2v) is 16.9. The maximum atomic E-state index is 10.6. The largest absolute Gasteiger partial charge is 0.456 e. The second kappa shape index (κ2) is 18.5. The number of para-hydroxylation sites is 1. The van der Waals surface area contributed by atoms with E-state index in [1.54, 1.807) is 36.4 Å². The van der Waals surface area contributed by atoms with Gasteiger partial charge in [-0.25, -0.2) is 0 Å². The number of nitrogens with zero attached hydrogens (tertiary/aromatic N) is 4. The molecule has 8 heteroatoms. The first-order chi connectivity index (χ1) is 31.1. The molecule has 0 N–H and O–H groups in total. The van der Waals surface area contributed by atoms with Crippen molar-refractivity contribution in [2.24, 2.45) is 10.8 Å². The Labute approximate surface area is 376 Å². The van der Waals surface area contributed by atoms with Crippen molar-refractivity contribution in [2.45, 2.75) is 52.9 Å². The Hall–Kier alpha value is -8.04. The van der Waals surface area contributed by atoms with Gasteiger partial charge in [0.2, 0.25) is 0 Å². The smallest absolute Gasteiger partial charge is 0.165 e. The average Bonchev–Trinajstić information content (AvgIpc) is 3.55. The van der Waals surface area contributed by atoms with Crippen molar-refractivity contribution >= 4 is 17.1 Å². The number of allylic oxidation sites excluding steroid dienone is 6. The van der Waals surface area contributed by atoms with Crippen LogP contribution in [0.15, 0.2) is 162 Å². The number of hydrogen-bond donors (Lipinski definition) is 0. The molecule has 0 aliphatic heterocycles. The molecule has 1 saturated carbocycles. The van der Waals surface area contributed by atoms with Crippen LogP contribution in [-0.2, 0) is 0 Å². The summed E-state index contributed by atoms with van der Waals surface area (Å²) in [6.45, 7) is 7.49. The predicted octanol–water partition coefficient (Wildman–Crippen LogP) is 13.3. The topological polar surface area (TPSA) is 91.0 Å². The fraction of sp³-hybridized carbons (Fsp3) is 0.214. The average molecular weight is 841 g/mol. The third kappa shape index (κ3) is 8.96. The second-order valence-electron chi connectivity index (χ2n) is 16.9. The summed E-state index contributed by atoms with van der Waals surface area (Å²) < 4.78 is 26.4. The molecule has 0 spiro atoms. The van der Waals surface area contributed by atoms with E-state index in [9.17, 15) is 10.5 Å². The molecule has 0 bridgehead atoms. The number of hydrogen-bond acceptors (Lipinski definition) is 8. The monoisotopic (exact) mass is 840 g/mol. The van der Waals surface area contributed by atoms with E-state index in [2.05, 4.69) is 74.0 Å². The van der Waals surface area contributed by atoms with Crippen molar-refractivity contribution in [1.82, 2.24) is 0 Å². The summed E-state index contributed by atoms with van der Waals surface area (Å²) in [4.78, 5) is 4.08. The normalized spacial score (nSPS) is 17.0. The molecule has 0 amide bonds. The van der Waals surface area contributed by atoms with Gasteiger partial charge in [-0.05, 0) is 109 Å². The van der Waals surface area contributed by atoms with Crippen molar-refractivity contribution < 1.29 is 18.9 Å². The lowest BCUT2D eigenvalue weighted by atomic mass is 9.72. The van der Waals surface area contributed by atoms with Crippen molar-refractivity contribution in [3.8, 4) is 71.3 Å². The predicted molar refractivity (Wildman–Crippen MR) is 252 cm³/mol. The molecule has 1 atom stereocenters. The van der Waals surface area contributed by atoms with Crippen LogP contribution in [0.2, 0.25) is 0 Å². The molecule has 316 valence electrons. The first-order valence-electron chi connectivity index (χ1n) is 21.4. The summed E-state index contributed by atoms with van der Waals surface area (Å²) in [7, 11) is 0. The number of anilines is 3. The summed E-state index contributed by atoms with van der Waals surface area (Å²) in [6.07, 6.45) is 24.4. The molecule has 1 unspecified atom stereocenters. The van der Waals surface area contributed by atoms with E-state index < -0.39 is 0 Å². The molecular weight excluding hydrogens is 793 g/mol. The lowest BCUT2D eigenvalue weighted by Gasteiger charge is -2.36. The van der Waals surface area contributed by atoms with Gasteiger partial charge in [-0.15, -0.1) is 12.8 Å². The SMILES string of the molecule is C#CCN(C1=CCCC=C1)c1cccc(Oc2cccc(OC3=C(Oc4cccc(Oc5cccc(N(CC#C)c6ccccc6)c5)c4C#N)C=C4C(C)(C)CCC4(C)C3)c2C#N)c1. The van der Waals surface area contributed by atoms with Crippen molar-refractivity contribution in [1.29, 1.82) is 10.5 Å². The first kappa shape index (κ1) is 42.6. The fourth-order valence-electron chi connectivity index (χ4n) is 8.82. The lowest BCUT2D eigenvalue weighted by molar-refractivity contribution is 0.271. The number of nitriles is 2. The first-order valence-corrected chi connectivity index (χ1v) is 21.4. The van der Waals surface area contributed by atoms with E-state index in [1.165, 1.54) is 5.57 Å². The van der Waals surface area contributed by atoms with Crippen LogP contribution in [0.4, 0.5) is 17.1 Å². The van der Waals surface area contributed by atoms with Gasteiger partial charge in [-0.2, -0.15) is 10.5 Å². The highest BCUT2D eigenvalue weighted by Crippen LogP contribution is 2.59. The minimum atomic E-state index is -0.207. The molecule has 5 aromatic carbocycles. The van der Waals surface area contributed by atoms with E-state index in [0.717, 1.165) is 48.4 Å². The standard InChI is InChI=1S/C56H48N4O4/c1-6-32-59(40-18-10-8-11-19-40)42-22-14-24-44(34-42)61-48-26-16-28-50(46(48)38-57)63-52-36-54-55(3,4)30-31-56(54,5)37-53(52)64-51-29-17-27-49(47(51)39-58)62-45-25-15-23-43(35-45)60(33-7-2)41-20-12-9-13-21-41/h1-2,8,10-12,14-29,34-36H,9,13,30-33,37H2,3-5H3. The molecule has 3 aliphatic carbocycles. The molecule has 8 rings (SSSR count). The third-order valence-electron chi connectivity index (χ3n) is 12.0. The van der Waals surface area contributed by atoms with Gasteiger partial charge in [0.05, 0.1) is 13.1 Å². The zero-order valence-corrected chi connectivity index (χ0v) is 36.3. The van der Waals surface area contributed by atoms with Crippen LogP contribution in [0.5, 0.6) is 34.5 Å². The van der Waals surface area contributed by atoms with Crippen LogP contribution in [0.25, 0.3) is 0 Å². The quantitative estimate of drug-likeness (QED) is 0.102. The molecule has 8 nitrogen and oxygen atoms in total. The molecule has 1 fully saturated rings. The van der Waals surface area contributed by atoms with Crippen molar-refractivity contribution in [3.63, 3.8) is 0 Å². The summed E-state index contributed by atoms with van der Waals surface area (Å²) >= 11 is 0. The van der Waals surface area contributed by atoms with Crippen LogP contribution in [0, 0.1) is 58.2 Å². The lowest BCUT2D eigenvalue weighted by Crippen LogP contribution is -2.27. The Balaban J connectivity index is 1.11. The maximum absolute atomic E-state index is 10.6. The van der Waals surface area contributed by atoms with Crippen LogP contribution in [0.3, 0.4) is 0 Å². The molecule has 0 radical (unpaired) electrons. The van der Waals surface area contributed by atoms with Gasteiger partial charge in [-0.1, -0.05) is 92.8 Å². The van der Waals surface area contributed by atoms with Gasteiger partial charge in [0.15, 0.2) is 5.76 Å². The van der Waals surface area contributed by atoms with Crippen LogP contribution < -0.4 is 28.7 Å². The highest BCUT2D eigenvalue weighted by molar-refractivity contribution is 5.66. The maximum Gasteiger partial charge on any atom is 0.165 e. The minimum Gasteiger partial charge on any atom is -0.456 e. The zero-order chi connectivity index (χ0) is 44.7. The van der Waals surface area contributed by atoms with Gasteiger partial charge in [0.1, 0.15) is 63.5 Å². The summed E-state index contributed by atoms with van der Waals surface area (Å²) in [5.74, 6) is 8.87. The number of ether oxygens (including phenoxy) is 4. The van der Waals surface area contributed by atoms with E-state index in [4.69, 9.17) is 31.8 Å². The van der Waals surface area contributed by atoms with Crippen LogP contribution >= 0.6 is 0 Å². The van der Waals surface area contributed by atoms with Gasteiger partial charge < -0.3 is 28.7 Å². The number of rotatable bonds is 14. The summed E-state index contributed by atoms with van der Waals surface area (Å²) in [6, 6.07) is 40.4. The van der Waals surface area contributed by atoms with Crippen LogP contribution in [-0.4, -0.2) is 13.1 Å². The molecule has 5 aromatic rings. The van der Waals surface area contributed by atoms with E-state index >= 15 is 0 Å². The van der Waals surface area contributed by atoms with Gasteiger partial charge in [0, 0.05) is 41.3 Å². The fourth-order valence-corrected chi connectivity index (χ4v) is 8.82. The van der Waals surface area contributed by atoms with Gasteiger partial charge in [0.25, 0.3) is 0 Å². The van der Waals surface area contributed by atoms with Crippen molar-refractivity contribution in [3.05, 3.63) is 173 Å². The third-order valence-corrected chi connectivity index (χ3v) is 12.0. The highest BCUT2D eigenvalue weighted by atomic mass is 16.5. The Bertz CT molecular complexity index is 2880. The van der Waals surface area contributed by atoms with Gasteiger partial charge in [-0.3, -0.25) is 0 Å². The van der Waals surface area contributed by atoms with E-state index in [-0.39, 0.29) is 22.0 Å². The minimum absolute atomic E-state index is 0.0876. The van der Waals surface area contributed by atoms with Gasteiger partial charge >= 0.3 is 0 Å². The van der Waals surface area contributed by atoms with Crippen LogP contribution in [0.1, 0.15) is 64.0 Å². The summed E-state index contributed by atoms with van der Waals surface area (Å²) in [5, 5.41) is 21.3. The molecule has 3 aliphatic rings. The Kier molecular flexibility index (Phi) is 12.3. The zero-order valence-electron chi connectivity index (χ0n) is 36.3. The van der Waals surface area contributed by atoms with Crippen molar-refractivity contribution in [2.75, 3.05) is 22.9 Å². The Morgan fingerprint density at radius 3 is 1.73 bits per heavy atom. The molecule has 0 aromatic heterocycles. The van der Waals surface area contributed by atoms with E-state index in [1.807, 2.05) is 83.8 Å². The summed E-state index contributed by atoms with van der Waals surface area (Å²) in [5.41, 5.74) is 5.09. The molecule has 0 saturated heterocycles. The Morgan fingerprint density at radius 1 is 0.609 bits per heavy atom. The number of fused-ring (bicyclic) bond motifs is 1. The highest BCUT2D eigenvalue weighted by Gasteiger charge is 2.48.